The maximum Gasteiger partial charge on any atom is 0.418 e. The highest BCUT2D eigenvalue weighted by Crippen LogP contribution is 2.58. The van der Waals surface area contributed by atoms with E-state index in [-0.39, 0.29) is 5.91 Å². The molecule has 0 aromatic rings. The van der Waals surface area contributed by atoms with Crippen LogP contribution in [0.3, 0.4) is 0 Å². The molecule has 0 aromatic carbocycles. The summed E-state index contributed by atoms with van der Waals surface area (Å²) in [6.45, 7) is 5.18. The van der Waals surface area contributed by atoms with Crippen LogP contribution in [0.25, 0.3) is 0 Å². The van der Waals surface area contributed by atoms with Crippen molar-refractivity contribution < 1.29 is 14.3 Å². The van der Waals surface area contributed by atoms with Crippen LogP contribution in [0.4, 0.5) is 4.79 Å². The van der Waals surface area contributed by atoms with Crippen LogP contribution in [0.5, 0.6) is 0 Å². The number of carbonyl (C=O) groups is 2. The Morgan fingerprint density at radius 3 is 2.50 bits per heavy atom. The van der Waals surface area contributed by atoms with E-state index in [0.29, 0.717) is 12.8 Å². The van der Waals surface area contributed by atoms with E-state index in [1.807, 2.05) is 6.07 Å². The minimum atomic E-state index is -0.707. The molecule has 1 saturated carbocycles. The van der Waals surface area contributed by atoms with Crippen LogP contribution in [0.15, 0.2) is 0 Å². The highest BCUT2D eigenvalue weighted by molar-refractivity contribution is 6.04. The first-order valence-electron chi connectivity index (χ1n) is 5.28. The van der Waals surface area contributed by atoms with Gasteiger partial charge in [0.05, 0.1) is 11.5 Å². The maximum atomic E-state index is 11.7. The Bertz CT molecular complexity index is 398. The lowest BCUT2D eigenvalue weighted by molar-refractivity contribution is -0.153. The van der Waals surface area contributed by atoms with E-state index in [9.17, 15) is 9.59 Å². The summed E-state index contributed by atoms with van der Waals surface area (Å²) in [7, 11) is 0. The average Bonchev–Trinajstić information content (AvgIpc) is 2.90. The summed E-state index contributed by atoms with van der Waals surface area (Å²) in [5.41, 5.74) is -1.20. The Hall–Kier alpha value is -1.57. The predicted molar refractivity (Wildman–Crippen MR) is 54.1 cm³/mol. The first kappa shape index (κ1) is 10.9. The van der Waals surface area contributed by atoms with Crippen LogP contribution in [0.2, 0.25) is 0 Å². The van der Waals surface area contributed by atoms with E-state index in [2.05, 4.69) is 0 Å². The molecule has 0 N–H and O–H groups in total. The van der Waals surface area contributed by atoms with Gasteiger partial charge in [-0.05, 0) is 33.6 Å². The molecule has 0 bridgehead atoms. The third-order valence-electron chi connectivity index (χ3n) is 2.93. The SMILES string of the molecule is CC(C)(C)OC(=O)N1C(=O)C2(CC2)C1C#N. The molecular formula is C11H14N2O3. The molecular weight excluding hydrogens is 208 g/mol. The van der Waals surface area contributed by atoms with Gasteiger partial charge < -0.3 is 4.74 Å². The van der Waals surface area contributed by atoms with Gasteiger partial charge in [0.15, 0.2) is 0 Å². The lowest BCUT2D eigenvalue weighted by Gasteiger charge is -2.42. The average molecular weight is 222 g/mol. The third-order valence-corrected chi connectivity index (χ3v) is 2.93. The number of nitriles is 1. The standard InChI is InChI=1S/C11H14N2O3/c1-10(2,3)16-9(15)13-7(6-12)11(4-5-11)8(13)14/h7H,4-5H2,1-3H3. The number of ether oxygens (including phenoxy) is 1. The number of carbonyl (C=O) groups excluding carboxylic acids is 2. The van der Waals surface area contributed by atoms with Gasteiger partial charge >= 0.3 is 6.09 Å². The second-order valence-corrected chi connectivity index (χ2v) is 5.34. The Morgan fingerprint density at radius 2 is 2.12 bits per heavy atom. The lowest BCUT2D eigenvalue weighted by atomic mass is 9.85. The molecule has 1 heterocycles. The van der Waals surface area contributed by atoms with Gasteiger partial charge in [-0.1, -0.05) is 0 Å². The number of amides is 2. The molecule has 1 saturated heterocycles. The first-order chi connectivity index (χ1) is 7.32. The Balaban J connectivity index is 2.09. The van der Waals surface area contributed by atoms with Crippen molar-refractivity contribution in [3.8, 4) is 6.07 Å². The van der Waals surface area contributed by atoms with Gasteiger partial charge in [0.25, 0.3) is 0 Å². The van der Waals surface area contributed by atoms with Crippen molar-refractivity contribution >= 4 is 12.0 Å². The van der Waals surface area contributed by atoms with Gasteiger partial charge in [0.1, 0.15) is 11.6 Å². The maximum absolute atomic E-state index is 11.7. The van der Waals surface area contributed by atoms with Crippen molar-refractivity contribution in [2.24, 2.45) is 5.41 Å². The number of rotatable bonds is 0. The number of nitrogens with zero attached hydrogens (tertiary/aromatic N) is 2. The summed E-state index contributed by atoms with van der Waals surface area (Å²) < 4.78 is 5.08. The number of β-lactam (4-membered cyclic amide) rings is 1. The monoisotopic (exact) mass is 222 g/mol. The second-order valence-electron chi connectivity index (χ2n) is 5.34. The number of hydrogen-bond acceptors (Lipinski definition) is 4. The predicted octanol–water partition coefficient (Wildman–Crippen LogP) is 1.44. The Morgan fingerprint density at radius 1 is 1.56 bits per heavy atom. The quantitative estimate of drug-likeness (QED) is 0.581. The van der Waals surface area contributed by atoms with E-state index in [1.165, 1.54) is 0 Å². The van der Waals surface area contributed by atoms with Gasteiger partial charge in [-0.2, -0.15) is 5.26 Å². The van der Waals surface area contributed by atoms with E-state index in [1.54, 1.807) is 20.8 Å². The summed E-state index contributed by atoms with van der Waals surface area (Å²) in [5.74, 6) is -0.256. The molecule has 1 aliphatic heterocycles. The molecule has 0 radical (unpaired) electrons. The van der Waals surface area contributed by atoms with Crippen molar-refractivity contribution in [3.05, 3.63) is 0 Å². The zero-order chi connectivity index (χ0) is 12.1. The van der Waals surface area contributed by atoms with Gasteiger partial charge in [0.2, 0.25) is 5.91 Å². The molecule has 1 spiro atoms. The molecule has 2 fully saturated rings. The molecule has 16 heavy (non-hydrogen) atoms. The smallest absolute Gasteiger partial charge is 0.418 e. The van der Waals surface area contributed by atoms with E-state index in [0.717, 1.165) is 4.90 Å². The molecule has 0 aromatic heterocycles. The highest BCUT2D eigenvalue weighted by Gasteiger charge is 2.71. The fourth-order valence-electron chi connectivity index (χ4n) is 1.96. The van der Waals surface area contributed by atoms with Gasteiger partial charge in [-0.25, -0.2) is 9.69 Å². The number of likely N-dealkylation sites (tertiary alicyclic amines) is 1. The van der Waals surface area contributed by atoms with Crippen molar-refractivity contribution in [1.82, 2.24) is 4.90 Å². The number of imide groups is 1. The minimum absolute atomic E-state index is 0.256. The van der Waals surface area contributed by atoms with Crippen molar-refractivity contribution in [1.29, 1.82) is 5.26 Å². The van der Waals surface area contributed by atoms with Crippen LogP contribution in [0, 0.1) is 16.7 Å². The van der Waals surface area contributed by atoms with E-state index >= 15 is 0 Å². The summed E-state index contributed by atoms with van der Waals surface area (Å²) in [4.78, 5) is 24.3. The summed E-state index contributed by atoms with van der Waals surface area (Å²) in [5, 5.41) is 8.95. The fourth-order valence-corrected chi connectivity index (χ4v) is 1.96. The summed E-state index contributed by atoms with van der Waals surface area (Å²) >= 11 is 0. The molecule has 2 aliphatic rings. The molecule has 5 heteroatoms. The largest absolute Gasteiger partial charge is 0.443 e. The summed E-state index contributed by atoms with van der Waals surface area (Å²) in [6.07, 6.45) is 0.716. The van der Waals surface area contributed by atoms with Gasteiger partial charge in [-0.15, -0.1) is 0 Å². The number of hydrogen-bond donors (Lipinski definition) is 0. The normalized spacial score (nSPS) is 26.0. The first-order valence-corrected chi connectivity index (χ1v) is 5.28. The zero-order valence-corrected chi connectivity index (χ0v) is 9.61. The van der Waals surface area contributed by atoms with E-state index < -0.39 is 23.2 Å². The van der Waals surface area contributed by atoms with Crippen LogP contribution in [0.1, 0.15) is 33.6 Å². The Labute approximate surface area is 94.0 Å². The van der Waals surface area contributed by atoms with Crippen molar-refractivity contribution in [3.63, 3.8) is 0 Å². The fraction of sp³-hybridized carbons (Fsp3) is 0.727. The van der Waals surface area contributed by atoms with Crippen molar-refractivity contribution in [2.45, 2.75) is 45.3 Å². The molecule has 1 unspecified atom stereocenters. The van der Waals surface area contributed by atoms with Crippen molar-refractivity contribution in [2.75, 3.05) is 0 Å². The van der Waals surface area contributed by atoms with E-state index in [4.69, 9.17) is 10.00 Å². The second kappa shape index (κ2) is 2.97. The lowest BCUT2D eigenvalue weighted by Crippen LogP contribution is -2.64. The molecule has 86 valence electrons. The van der Waals surface area contributed by atoms with Gasteiger partial charge in [-0.3, -0.25) is 4.79 Å². The summed E-state index contributed by atoms with van der Waals surface area (Å²) in [6, 6.07) is 1.38. The Kier molecular flexibility index (Phi) is 2.03. The topological polar surface area (TPSA) is 70.4 Å². The highest BCUT2D eigenvalue weighted by atomic mass is 16.6. The minimum Gasteiger partial charge on any atom is -0.443 e. The molecule has 1 aliphatic carbocycles. The van der Waals surface area contributed by atoms with Crippen LogP contribution < -0.4 is 0 Å². The molecule has 5 nitrogen and oxygen atoms in total. The molecule has 2 rings (SSSR count). The van der Waals surface area contributed by atoms with Crippen LogP contribution in [-0.4, -0.2) is 28.5 Å². The molecule has 1 atom stereocenters. The zero-order valence-electron chi connectivity index (χ0n) is 9.61. The van der Waals surface area contributed by atoms with Crippen LogP contribution in [-0.2, 0) is 9.53 Å². The van der Waals surface area contributed by atoms with Crippen LogP contribution >= 0.6 is 0 Å². The van der Waals surface area contributed by atoms with Gasteiger partial charge in [0, 0.05) is 0 Å². The molecule has 2 amide bonds. The third kappa shape index (κ3) is 1.37.